The first-order chi connectivity index (χ1) is 19.7. The summed E-state index contributed by atoms with van der Waals surface area (Å²) in [6.07, 6.45) is 7.48. The van der Waals surface area contributed by atoms with Crippen molar-refractivity contribution in [3.05, 3.63) is 100 Å². The van der Waals surface area contributed by atoms with E-state index in [2.05, 4.69) is 52.7 Å². The molecule has 1 aliphatic carbocycles. The molecule has 41 heavy (non-hydrogen) atoms. The summed E-state index contributed by atoms with van der Waals surface area (Å²) in [6.45, 7) is 3.73. The second-order valence-corrected chi connectivity index (χ2v) is 12.4. The number of sulfonamides is 1. The first-order valence-corrected chi connectivity index (χ1v) is 15.3. The van der Waals surface area contributed by atoms with Crippen LogP contribution >= 0.6 is 0 Å². The van der Waals surface area contributed by atoms with Crippen molar-refractivity contribution in [2.75, 3.05) is 24.7 Å². The Kier molecular flexibility index (Phi) is 6.61. The average Bonchev–Trinajstić information content (AvgIpc) is 3.51. The van der Waals surface area contributed by atoms with Crippen LogP contribution in [-0.2, 0) is 22.0 Å². The van der Waals surface area contributed by atoms with Gasteiger partial charge in [0.05, 0.1) is 12.5 Å². The number of nitrogens with zero attached hydrogens (tertiary/aromatic N) is 4. The number of anilines is 1. The molecular weight excluding hydrogens is 540 g/mol. The molecule has 1 aliphatic heterocycles. The summed E-state index contributed by atoms with van der Waals surface area (Å²) in [4.78, 5) is 32.8. The highest BCUT2D eigenvalue weighted by Crippen LogP contribution is 2.48. The Balaban J connectivity index is 1.32. The number of allylic oxidation sites excluding steroid dienone is 1. The molecule has 0 saturated carbocycles. The third-order valence-electron chi connectivity index (χ3n) is 8.09. The molecule has 2 aromatic heterocycles. The van der Waals surface area contributed by atoms with E-state index in [9.17, 15) is 18.0 Å². The standard InChI is InChI=1S/C30H30N6O4S/c1-20-16-22-10-6-7-11-25(22)30(20)12-14-35(15-13-30)29(38)24-18-32-26-23(28(37)34-41(2,39)40)19-33-36(26)27(24)31-17-21-8-4-3-5-9-21/h3-11,16,18-19,31H,12-15,17H2,1-2H3,(H,34,37). The van der Waals surface area contributed by atoms with E-state index in [4.69, 9.17) is 0 Å². The summed E-state index contributed by atoms with van der Waals surface area (Å²) in [5, 5.41) is 7.64. The predicted octanol–water partition coefficient (Wildman–Crippen LogP) is 3.62. The van der Waals surface area contributed by atoms with Gasteiger partial charge in [-0.25, -0.2) is 18.1 Å². The fourth-order valence-electron chi connectivity index (χ4n) is 5.99. The van der Waals surface area contributed by atoms with Crippen LogP contribution < -0.4 is 10.0 Å². The number of hydrogen-bond donors (Lipinski definition) is 2. The van der Waals surface area contributed by atoms with Crippen molar-refractivity contribution in [2.24, 2.45) is 0 Å². The molecule has 6 rings (SSSR count). The van der Waals surface area contributed by atoms with Gasteiger partial charge in [0.15, 0.2) is 5.65 Å². The van der Waals surface area contributed by atoms with Gasteiger partial charge in [0.25, 0.3) is 11.8 Å². The molecule has 0 unspecified atom stereocenters. The van der Waals surface area contributed by atoms with Crippen molar-refractivity contribution in [1.29, 1.82) is 0 Å². The molecule has 1 fully saturated rings. The Morgan fingerprint density at radius 1 is 0.976 bits per heavy atom. The van der Waals surface area contributed by atoms with Gasteiger partial charge in [0.2, 0.25) is 10.0 Å². The number of piperidine rings is 1. The summed E-state index contributed by atoms with van der Waals surface area (Å²) in [5.74, 6) is -0.648. The molecule has 0 radical (unpaired) electrons. The number of aromatic nitrogens is 3. The molecule has 2 N–H and O–H groups in total. The molecule has 4 aromatic rings. The molecule has 2 amide bonds. The van der Waals surface area contributed by atoms with Crippen LogP contribution in [0.3, 0.4) is 0 Å². The number of nitrogens with one attached hydrogen (secondary N) is 2. The molecule has 0 atom stereocenters. The largest absolute Gasteiger partial charge is 0.365 e. The molecule has 10 nitrogen and oxygen atoms in total. The molecule has 2 aliphatic rings. The van der Waals surface area contributed by atoms with Crippen LogP contribution in [0.2, 0.25) is 0 Å². The Morgan fingerprint density at radius 3 is 2.41 bits per heavy atom. The van der Waals surface area contributed by atoms with E-state index < -0.39 is 15.9 Å². The minimum absolute atomic E-state index is 0.0146. The molecule has 0 bridgehead atoms. The highest BCUT2D eigenvalue weighted by Gasteiger charge is 2.43. The van der Waals surface area contributed by atoms with Gasteiger partial charge in [-0.3, -0.25) is 9.59 Å². The van der Waals surface area contributed by atoms with Gasteiger partial charge >= 0.3 is 0 Å². The van der Waals surface area contributed by atoms with Gasteiger partial charge in [0.1, 0.15) is 16.9 Å². The quantitative estimate of drug-likeness (QED) is 0.363. The number of rotatable bonds is 6. The molecule has 1 spiro atoms. The van der Waals surface area contributed by atoms with E-state index in [0.717, 1.165) is 24.7 Å². The van der Waals surface area contributed by atoms with Crippen molar-refractivity contribution >= 4 is 39.4 Å². The van der Waals surface area contributed by atoms with Crippen LogP contribution in [0.15, 0.2) is 72.6 Å². The molecule has 210 valence electrons. The van der Waals surface area contributed by atoms with Crippen LogP contribution in [0.25, 0.3) is 11.7 Å². The highest BCUT2D eigenvalue weighted by molar-refractivity contribution is 7.89. The number of hydrogen-bond acceptors (Lipinski definition) is 7. The summed E-state index contributed by atoms with van der Waals surface area (Å²) in [6, 6.07) is 18.2. The van der Waals surface area contributed by atoms with E-state index in [1.54, 1.807) is 0 Å². The van der Waals surface area contributed by atoms with Crippen LogP contribution in [0.1, 0.15) is 57.2 Å². The zero-order valence-electron chi connectivity index (χ0n) is 22.8. The van der Waals surface area contributed by atoms with Crippen molar-refractivity contribution < 1.29 is 18.0 Å². The average molecular weight is 571 g/mol. The minimum Gasteiger partial charge on any atom is -0.365 e. The van der Waals surface area contributed by atoms with Crippen LogP contribution in [0, 0.1) is 0 Å². The van der Waals surface area contributed by atoms with E-state index in [1.807, 2.05) is 40.0 Å². The zero-order chi connectivity index (χ0) is 28.8. The molecular formula is C30H30N6O4S. The van der Waals surface area contributed by atoms with E-state index in [0.29, 0.717) is 31.0 Å². The van der Waals surface area contributed by atoms with Crippen molar-refractivity contribution in [1.82, 2.24) is 24.2 Å². The number of fused-ring (bicyclic) bond motifs is 3. The van der Waals surface area contributed by atoms with Gasteiger partial charge in [0, 0.05) is 31.2 Å². The SMILES string of the molecule is CC1=Cc2ccccc2C12CCN(C(=O)c1cnc3c(C(=O)NS(C)(=O)=O)cnn3c1NCc1ccccc1)CC2. The van der Waals surface area contributed by atoms with Gasteiger partial charge in [-0.15, -0.1) is 0 Å². The van der Waals surface area contributed by atoms with Crippen LogP contribution in [-0.4, -0.2) is 59.1 Å². The number of likely N-dealkylation sites (tertiary alicyclic amines) is 1. The highest BCUT2D eigenvalue weighted by atomic mass is 32.2. The second-order valence-electron chi connectivity index (χ2n) is 10.6. The Morgan fingerprint density at radius 2 is 1.68 bits per heavy atom. The number of carbonyl (C=O) groups excluding carboxylic acids is 2. The van der Waals surface area contributed by atoms with Gasteiger partial charge in [-0.05, 0) is 36.5 Å². The maximum atomic E-state index is 14.0. The van der Waals surface area contributed by atoms with Crippen molar-refractivity contribution in [2.45, 2.75) is 31.7 Å². The Labute approximate surface area is 238 Å². The van der Waals surface area contributed by atoms with E-state index >= 15 is 0 Å². The topological polar surface area (TPSA) is 126 Å². The molecule has 1 saturated heterocycles. The van der Waals surface area contributed by atoms with Crippen LogP contribution in [0.5, 0.6) is 0 Å². The molecule has 2 aromatic carbocycles. The summed E-state index contributed by atoms with van der Waals surface area (Å²) < 4.78 is 26.6. The van der Waals surface area contributed by atoms with Gasteiger partial charge in [-0.2, -0.15) is 9.61 Å². The van der Waals surface area contributed by atoms with Crippen molar-refractivity contribution in [3.63, 3.8) is 0 Å². The molecule has 3 heterocycles. The third-order valence-corrected chi connectivity index (χ3v) is 8.65. The lowest BCUT2D eigenvalue weighted by Crippen LogP contribution is -2.45. The van der Waals surface area contributed by atoms with Crippen molar-refractivity contribution in [3.8, 4) is 0 Å². The maximum Gasteiger partial charge on any atom is 0.270 e. The fourth-order valence-corrected chi connectivity index (χ4v) is 6.44. The smallest absolute Gasteiger partial charge is 0.270 e. The predicted molar refractivity (Wildman–Crippen MR) is 156 cm³/mol. The lowest BCUT2D eigenvalue weighted by molar-refractivity contribution is 0.0685. The summed E-state index contributed by atoms with van der Waals surface area (Å²) in [5.41, 5.74) is 5.28. The number of amides is 2. The third kappa shape index (κ3) is 4.86. The van der Waals surface area contributed by atoms with Crippen LogP contribution in [0.4, 0.5) is 5.82 Å². The second kappa shape index (κ2) is 10.2. The zero-order valence-corrected chi connectivity index (χ0v) is 23.6. The summed E-state index contributed by atoms with van der Waals surface area (Å²) in [7, 11) is -3.79. The maximum absolute atomic E-state index is 14.0. The molecule has 11 heteroatoms. The number of benzene rings is 2. The first kappa shape index (κ1) is 26.7. The fraction of sp³-hybridized carbons (Fsp3) is 0.267. The lowest BCUT2D eigenvalue weighted by Gasteiger charge is -2.41. The monoisotopic (exact) mass is 570 g/mol. The lowest BCUT2D eigenvalue weighted by atomic mass is 9.70. The van der Waals surface area contributed by atoms with E-state index in [1.165, 1.54) is 33.6 Å². The first-order valence-electron chi connectivity index (χ1n) is 13.4. The minimum atomic E-state index is -3.79. The Hall–Kier alpha value is -4.51. The van der Waals surface area contributed by atoms with Gasteiger partial charge in [-0.1, -0.05) is 66.2 Å². The van der Waals surface area contributed by atoms with Gasteiger partial charge < -0.3 is 10.2 Å². The van der Waals surface area contributed by atoms with E-state index in [-0.39, 0.29) is 22.5 Å². The number of carbonyl (C=O) groups is 2. The summed E-state index contributed by atoms with van der Waals surface area (Å²) >= 11 is 0. The normalized spacial score (nSPS) is 16.0. The Bertz CT molecular complexity index is 1810.